The fourth-order valence-corrected chi connectivity index (χ4v) is 10.3. The van der Waals surface area contributed by atoms with Crippen molar-refractivity contribution in [2.75, 3.05) is 0 Å². The molecule has 0 heterocycles. The van der Waals surface area contributed by atoms with Crippen molar-refractivity contribution in [3.63, 3.8) is 0 Å². The van der Waals surface area contributed by atoms with Gasteiger partial charge in [-0.3, -0.25) is 0 Å². The highest BCUT2D eigenvalue weighted by atomic mass is 14.5. The lowest BCUT2D eigenvalue weighted by Crippen LogP contribution is -2.28. The van der Waals surface area contributed by atoms with Gasteiger partial charge in [-0.2, -0.15) is 0 Å². The molecule has 0 spiro atoms. The van der Waals surface area contributed by atoms with Gasteiger partial charge in [-0.15, -0.1) is 0 Å². The minimum Gasteiger partial charge on any atom is -0.0622 e. The first-order valence-electron chi connectivity index (χ1n) is 20.6. The highest BCUT2D eigenvalue weighted by Crippen LogP contribution is 2.58. The van der Waals surface area contributed by atoms with Crippen LogP contribution in [0.3, 0.4) is 0 Å². The molecule has 0 bridgehead atoms. The maximum atomic E-state index is 2.51. The van der Waals surface area contributed by atoms with E-state index < -0.39 is 5.41 Å². The first-order chi connectivity index (χ1) is 29.3. The van der Waals surface area contributed by atoms with E-state index >= 15 is 0 Å². The van der Waals surface area contributed by atoms with E-state index in [-0.39, 0.29) is 0 Å². The Bertz CT molecular complexity index is 3240. The summed E-state index contributed by atoms with van der Waals surface area (Å²) in [4.78, 5) is 0. The highest BCUT2D eigenvalue weighted by molar-refractivity contribution is 6.15. The van der Waals surface area contributed by atoms with Crippen molar-refractivity contribution in [3.05, 3.63) is 253 Å². The number of fused-ring (bicyclic) bond motifs is 9. The van der Waals surface area contributed by atoms with Gasteiger partial charge in [0.25, 0.3) is 0 Å². The van der Waals surface area contributed by atoms with Crippen molar-refractivity contribution in [2.24, 2.45) is 0 Å². The van der Waals surface area contributed by atoms with Crippen LogP contribution in [-0.4, -0.2) is 0 Å². The Balaban J connectivity index is 1.16. The fraction of sp³-hybridized carbons (Fsp3) is 0.0169. The molecule has 0 radical (unpaired) electrons. The molecule has 1 aliphatic rings. The highest BCUT2D eigenvalue weighted by Gasteiger charge is 2.46. The van der Waals surface area contributed by atoms with Gasteiger partial charge in [-0.1, -0.05) is 206 Å². The quantitative estimate of drug-likeness (QED) is 0.154. The van der Waals surface area contributed by atoms with E-state index in [0.29, 0.717) is 0 Å². The smallest absolute Gasteiger partial charge is 0.0622 e. The Hall–Kier alpha value is -7.54. The Morgan fingerprint density at radius 2 is 0.593 bits per heavy atom. The van der Waals surface area contributed by atoms with Crippen LogP contribution in [0.25, 0.3) is 87.6 Å². The van der Waals surface area contributed by atoms with Gasteiger partial charge >= 0.3 is 0 Å². The van der Waals surface area contributed by atoms with E-state index in [2.05, 4.69) is 231 Å². The number of benzene rings is 11. The molecule has 0 saturated carbocycles. The predicted molar refractivity (Wildman–Crippen MR) is 250 cm³/mol. The molecule has 0 N–H and O–H groups in total. The van der Waals surface area contributed by atoms with E-state index in [4.69, 9.17) is 0 Å². The third-order valence-corrected chi connectivity index (χ3v) is 12.9. The zero-order chi connectivity index (χ0) is 38.9. The molecule has 11 aromatic carbocycles. The van der Waals surface area contributed by atoms with E-state index in [9.17, 15) is 0 Å². The summed E-state index contributed by atoms with van der Waals surface area (Å²) in [7, 11) is 0. The molecular weight excluding hydrogens is 709 g/mol. The maximum Gasteiger partial charge on any atom is 0.0714 e. The van der Waals surface area contributed by atoms with E-state index in [1.165, 1.54) is 110 Å². The van der Waals surface area contributed by atoms with Gasteiger partial charge in [-0.25, -0.2) is 0 Å². The summed E-state index contributed by atoms with van der Waals surface area (Å²) in [5.74, 6) is 0. The zero-order valence-electron chi connectivity index (χ0n) is 32.4. The SMILES string of the molecule is c1ccc(-c2ccc(C3(c4ccccc4)c4cc(-c5cc6ccccc6c6ccccc56)ccc4-c4ccc(-c5cc6ccccc6c6ccccc56)cc43)cc2)cc1. The monoisotopic (exact) mass is 746 g/mol. The van der Waals surface area contributed by atoms with E-state index in [1.807, 2.05) is 0 Å². The first-order valence-corrected chi connectivity index (χ1v) is 20.6. The molecule has 0 heteroatoms. The molecule has 0 aliphatic heterocycles. The minimum atomic E-state index is -0.591. The molecular formula is C59H38. The average Bonchev–Trinajstić information content (AvgIpc) is 3.61. The van der Waals surface area contributed by atoms with Crippen molar-refractivity contribution >= 4 is 43.1 Å². The summed E-state index contributed by atoms with van der Waals surface area (Å²) in [6.45, 7) is 0. The molecule has 0 aromatic heterocycles. The number of hydrogen-bond acceptors (Lipinski definition) is 0. The van der Waals surface area contributed by atoms with Crippen LogP contribution in [0.4, 0.5) is 0 Å². The summed E-state index contributed by atoms with van der Waals surface area (Å²) >= 11 is 0. The van der Waals surface area contributed by atoms with Crippen molar-refractivity contribution in [2.45, 2.75) is 5.41 Å². The van der Waals surface area contributed by atoms with Crippen LogP contribution in [-0.2, 0) is 5.41 Å². The van der Waals surface area contributed by atoms with Crippen LogP contribution in [0.1, 0.15) is 22.3 Å². The van der Waals surface area contributed by atoms with E-state index in [1.54, 1.807) is 0 Å². The molecule has 0 nitrogen and oxygen atoms in total. The van der Waals surface area contributed by atoms with Crippen LogP contribution in [0.15, 0.2) is 231 Å². The van der Waals surface area contributed by atoms with Gasteiger partial charge in [-0.05, 0) is 134 Å². The number of rotatable bonds is 5. The second kappa shape index (κ2) is 13.3. The Labute approximate surface area is 344 Å². The van der Waals surface area contributed by atoms with Crippen molar-refractivity contribution in [1.29, 1.82) is 0 Å². The summed E-state index contributed by atoms with van der Waals surface area (Å²) in [6.07, 6.45) is 0. The van der Waals surface area contributed by atoms with Crippen molar-refractivity contribution < 1.29 is 0 Å². The average molecular weight is 747 g/mol. The zero-order valence-corrected chi connectivity index (χ0v) is 32.4. The van der Waals surface area contributed by atoms with Gasteiger partial charge in [0.05, 0.1) is 5.41 Å². The minimum absolute atomic E-state index is 0.591. The van der Waals surface area contributed by atoms with Crippen LogP contribution >= 0.6 is 0 Å². The van der Waals surface area contributed by atoms with Crippen LogP contribution in [0.5, 0.6) is 0 Å². The lowest BCUT2D eigenvalue weighted by Gasteiger charge is -2.34. The first kappa shape index (κ1) is 33.6. The standard InChI is InChI=1S/C59H38/c1-3-15-39(16-4-1)40-27-31-46(32-28-40)59(45-19-5-2-6-20-45)57-37-43(55-35-41-17-7-9-21-47(41)49-23-11-13-25-51(49)55)29-33-53(57)54-34-30-44(38-58(54)59)56-36-42-18-8-10-22-48(42)50-24-12-14-26-52(50)56/h1-38H. The van der Waals surface area contributed by atoms with Crippen LogP contribution < -0.4 is 0 Å². The molecule has 0 fully saturated rings. The second-order valence-corrected chi connectivity index (χ2v) is 16.0. The molecule has 0 atom stereocenters. The molecule has 0 unspecified atom stereocenters. The number of hydrogen-bond donors (Lipinski definition) is 0. The summed E-state index contributed by atoms with van der Waals surface area (Å²) in [5, 5.41) is 10.2. The van der Waals surface area contributed by atoms with Crippen molar-refractivity contribution in [1.82, 2.24) is 0 Å². The molecule has 0 amide bonds. The molecule has 11 aromatic rings. The Morgan fingerprint density at radius 1 is 0.220 bits per heavy atom. The molecule has 12 rings (SSSR count). The van der Waals surface area contributed by atoms with Gasteiger partial charge in [0, 0.05) is 0 Å². The van der Waals surface area contributed by atoms with Crippen LogP contribution in [0, 0.1) is 0 Å². The molecule has 59 heavy (non-hydrogen) atoms. The van der Waals surface area contributed by atoms with Crippen LogP contribution in [0.2, 0.25) is 0 Å². The topological polar surface area (TPSA) is 0 Å². The predicted octanol–water partition coefficient (Wildman–Crippen LogP) is 15.7. The van der Waals surface area contributed by atoms with Gasteiger partial charge in [0.1, 0.15) is 0 Å². The van der Waals surface area contributed by atoms with Gasteiger partial charge in [0.2, 0.25) is 0 Å². The normalized spacial score (nSPS) is 12.9. The molecule has 274 valence electrons. The molecule has 1 aliphatic carbocycles. The summed E-state index contributed by atoms with van der Waals surface area (Å²) in [5.41, 5.74) is 14.5. The van der Waals surface area contributed by atoms with Crippen molar-refractivity contribution in [3.8, 4) is 44.5 Å². The lowest BCUT2D eigenvalue weighted by molar-refractivity contribution is 0.769. The van der Waals surface area contributed by atoms with E-state index in [0.717, 1.165) is 0 Å². The second-order valence-electron chi connectivity index (χ2n) is 16.0. The van der Waals surface area contributed by atoms with Gasteiger partial charge in [0.15, 0.2) is 0 Å². The van der Waals surface area contributed by atoms with Gasteiger partial charge < -0.3 is 0 Å². The lowest BCUT2D eigenvalue weighted by atomic mass is 9.67. The largest absolute Gasteiger partial charge is 0.0714 e. The fourth-order valence-electron chi connectivity index (χ4n) is 10.3. The Kier molecular flexibility index (Phi) is 7.55. The Morgan fingerprint density at radius 3 is 1.10 bits per heavy atom. The third kappa shape index (κ3) is 5.10. The summed E-state index contributed by atoms with van der Waals surface area (Å²) in [6, 6.07) is 85.9. The molecule has 0 saturated heterocycles. The summed E-state index contributed by atoms with van der Waals surface area (Å²) < 4.78 is 0. The maximum absolute atomic E-state index is 2.51. The third-order valence-electron chi connectivity index (χ3n) is 12.9.